The van der Waals surface area contributed by atoms with Gasteiger partial charge in [0.15, 0.2) is 0 Å². The van der Waals surface area contributed by atoms with E-state index in [0.29, 0.717) is 6.61 Å². The van der Waals surface area contributed by atoms with Crippen LogP contribution in [-0.2, 0) is 13.1 Å². The van der Waals surface area contributed by atoms with Crippen molar-refractivity contribution in [1.82, 2.24) is 9.78 Å². The molecule has 0 amide bonds. The van der Waals surface area contributed by atoms with Crippen LogP contribution < -0.4 is 10.1 Å². The minimum atomic E-state index is 0.644. The monoisotopic (exact) mass is 401 g/mol. The molecule has 1 aromatic carbocycles. The highest BCUT2D eigenvalue weighted by atomic mass is 79.9. The van der Waals surface area contributed by atoms with Crippen LogP contribution in [0.2, 0.25) is 0 Å². The van der Waals surface area contributed by atoms with Gasteiger partial charge in [0.25, 0.3) is 0 Å². The number of halogens is 2. The molecule has 0 aliphatic rings. The minimum absolute atomic E-state index is 0.644. The maximum atomic E-state index is 5.58. The van der Waals surface area contributed by atoms with Crippen LogP contribution in [0.25, 0.3) is 0 Å². The Kier molecular flexibility index (Phi) is 5.48. The Hall–Kier alpha value is -1.01. The van der Waals surface area contributed by atoms with E-state index in [0.717, 1.165) is 39.0 Å². The Morgan fingerprint density at radius 3 is 2.50 bits per heavy atom. The SMILES string of the molecule is CCOc1c(Br)cc(CNc2cnn(CC)c2)cc1Br. The first-order valence-electron chi connectivity index (χ1n) is 6.51. The third kappa shape index (κ3) is 3.76. The molecule has 0 atom stereocenters. The van der Waals surface area contributed by atoms with Gasteiger partial charge in [0, 0.05) is 19.3 Å². The molecule has 2 rings (SSSR count). The molecule has 1 aromatic heterocycles. The zero-order chi connectivity index (χ0) is 14.5. The first-order chi connectivity index (χ1) is 9.63. The van der Waals surface area contributed by atoms with Crippen LogP contribution in [0.5, 0.6) is 5.75 Å². The summed E-state index contributed by atoms with van der Waals surface area (Å²) < 4.78 is 9.38. The summed E-state index contributed by atoms with van der Waals surface area (Å²) in [7, 11) is 0. The molecule has 0 radical (unpaired) electrons. The van der Waals surface area contributed by atoms with Gasteiger partial charge in [-0.2, -0.15) is 5.10 Å². The summed E-state index contributed by atoms with van der Waals surface area (Å²) in [6.07, 6.45) is 3.83. The lowest BCUT2D eigenvalue weighted by atomic mass is 10.2. The second-order valence-corrected chi connectivity index (χ2v) is 5.97. The van der Waals surface area contributed by atoms with E-state index in [4.69, 9.17) is 4.74 Å². The van der Waals surface area contributed by atoms with E-state index in [1.165, 1.54) is 0 Å². The van der Waals surface area contributed by atoms with Gasteiger partial charge in [-0.1, -0.05) is 0 Å². The van der Waals surface area contributed by atoms with E-state index in [2.05, 4.69) is 61.3 Å². The molecule has 0 fully saturated rings. The minimum Gasteiger partial charge on any atom is -0.492 e. The van der Waals surface area contributed by atoms with Crippen molar-refractivity contribution in [2.24, 2.45) is 0 Å². The fourth-order valence-corrected chi connectivity index (χ4v) is 3.34. The molecule has 0 spiro atoms. The van der Waals surface area contributed by atoms with Gasteiger partial charge in [0.05, 0.1) is 27.4 Å². The van der Waals surface area contributed by atoms with Crippen molar-refractivity contribution in [2.75, 3.05) is 11.9 Å². The highest BCUT2D eigenvalue weighted by Crippen LogP contribution is 2.34. The zero-order valence-electron chi connectivity index (χ0n) is 11.5. The van der Waals surface area contributed by atoms with Gasteiger partial charge < -0.3 is 10.1 Å². The smallest absolute Gasteiger partial charge is 0.147 e. The lowest BCUT2D eigenvalue weighted by molar-refractivity contribution is 0.336. The summed E-state index contributed by atoms with van der Waals surface area (Å²) in [6, 6.07) is 4.12. The summed E-state index contributed by atoms with van der Waals surface area (Å²) >= 11 is 7.08. The number of hydrogen-bond acceptors (Lipinski definition) is 3. The van der Waals surface area contributed by atoms with Crippen LogP contribution in [0.3, 0.4) is 0 Å². The predicted octanol–water partition coefficient (Wildman–Crippen LogP) is 4.44. The van der Waals surface area contributed by atoms with E-state index in [-0.39, 0.29) is 0 Å². The average molecular weight is 403 g/mol. The van der Waals surface area contributed by atoms with E-state index in [9.17, 15) is 0 Å². The molecule has 6 heteroatoms. The van der Waals surface area contributed by atoms with Crippen molar-refractivity contribution < 1.29 is 4.74 Å². The molecule has 2 aromatic rings. The maximum absolute atomic E-state index is 5.58. The standard InChI is InChI=1S/C14H17Br2N3O/c1-3-19-9-11(8-18-19)17-7-10-5-12(15)14(20-4-2)13(16)6-10/h5-6,8-9,17H,3-4,7H2,1-2H3. The number of aryl methyl sites for hydroxylation is 1. The van der Waals surface area contributed by atoms with Gasteiger partial charge in [-0.25, -0.2) is 0 Å². The van der Waals surface area contributed by atoms with E-state index >= 15 is 0 Å². The van der Waals surface area contributed by atoms with Crippen LogP contribution in [-0.4, -0.2) is 16.4 Å². The number of hydrogen-bond donors (Lipinski definition) is 1. The topological polar surface area (TPSA) is 39.1 Å². The molecule has 1 N–H and O–H groups in total. The lowest BCUT2D eigenvalue weighted by Crippen LogP contribution is -2.00. The molecule has 4 nitrogen and oxygen atoms in total. The van der Waals surface area contributed by atoms with E-state index < -0.39 is 0 Å². The first kappa shape index (κ1) is 15.4. The third-order valence-electron chi connectivity index (χ3n) is 2.80. The van der Waals surface area contributed by atoms with Gasteiger partial charge in [-0.15, -0.1) is 0 Å². The van der Waals surface area contributed by atoms with Crippen LogP contribution in [0.1, 0.15) is 19.4 Å². The quantitative estimate of drug-likeness (QED) is 0.776. The van der Waals surface area contributed by atoms with Crippen LogP contribution in [0, 0.1) is 0 Å². The summed E-state index contributed by atoms with van der Waals surface area (Å²) in [5.41, 5.74) is 2.18. The molecule has 0 unspecified atom stereocenters. The molecule has 0 aliphatic carbocycles. The number of rotatable bonds is 6. The number of aromatic nitrogens is 2. The predicted molar refractivity (Wildman–Crippen MR) is 88.2 cm³/mol. The molecule has 0 bridgehead atoms. The second-order valence-electron chi connectivity index (χ2n) is 4.26. The average Bonchev–Trinajstić information content (AvgIpc) is 2.88. The Labute approximate surface area is 135 Å². The molecule has 0 saturated heterocycles. The highest BCUT2D eigenvalue weighted by molar-refractivity contribution is 9.11. The van der Waals surface area contributed by atoms with Gasteiger partial charge in [0.1, 0.15) is 5.75 Å². The molecule has 0 aliphatic heterocycles. The summed E-state index contributed by atoms with van der Waals surface area (Å²) in [6.45, 7) is 6.29. The summed E-state index contributed by atoms with van der Waals surface area (Å²) in [5, 5.41) is 7.59. The van der Waals surface area contributed by atoms with Crippen LogP contribution in [0.4, 0.5) is 5.69 Å². The van der Waals surface area contributed by atoms with Crippen molar-refractivity contribution in [3.05, 3.63) is 39.0 Å². The highest BCUT2D eigenvalue weighted by Gasteiger charge is 2.08. The van der Waals surface area contributed by atoms with Gasteiger partial charge in [-0.05, 0) is 63.4 Å². The van der Waals surface area contributed by atoms with Gasteiger partial charge in [-0.3, -0.25) is 4.68 Å². The normalized spacial score (nSPS) is 10.6. The Balaban J connectivity index is 2.06. The number of anilines is 1. The Bertz CT molecular complexity index is 561. The van der Waals surface area contributed by atoms with Crippen LogP contribution >= 0.6 is 31.9 Å². The molecular formula is C14H17Br2N3O. The molecular weight excluding hydrogens is 386 g/mol. The lowest BCUT2D eigenvalue weighted by Gasteiger charge is -2.11. The van der Waals surface area contributed by atoms with E-state index in [1.807, 2.05) is 24.0 Å². The number of nitrogens with zero attached hydrogens (tertiary/aromatic N) is 2. The molecule has 1 heterocycles. The van der Waals surface area contributed by atoms with Crippen molar-refractivity contribution in [2.45, 2.75) is 26.9 Å². The molecule has 0 saturated carbocycles. The fourth-order valence-electron chi connectivity index (χ4n) is 1.83. The maximum Gasteiger partial charge on any atom is 0.147 e. The summed E-state index contributed by atoms with van der Waals surface area (Å²) in [5.74, 6) is 0.843. The van der Waals surface area contributed by atoms with Gasteiger partial charge >= 0.3 is 0 Å². The van der Waals surface area contributed by atoms with Crippen molar-refractivity contribution in [3.63, 3.8) is 0 Å². The first-order valence-corrected chi connectivity index (χ1v) is 8.09. The largest absolute Gasteiger partial charge is 0.492 e. The van der Waals surface area contributed by atoms with Crippen molar-refractivity contribution in [1.29, 1.82) is 0 Å². The third-order valence-corrected chi connectivity index (χ3v) is 3.98. The fraction of sp³-hybridized carbons (Fsp3) is 0.357. The number of ether oxygens (including phenoxy) is 1. The van der Waals surface area contributed by atoms with Crippen molar-refractivity contribution >= 4 is 37.5 Å². The Morgan fingerprint density at radius 2 is 1.95 bits per heavy atom. The van der Waals surface area contributed by atoms with Crippen molar-refractivity contribution in [3.8, 4) is 5.75 Å². The molecule has 108 valence electrons. The summed E-state index contributed by atoms with van der Waals surface area (Å²) in [4.78, 5) is 0. The zero-order valence-corrected chi connectivity index (χ0v) is 14.7. The van der Waals surface area contributed by atoms with Gasteiger partial charge in [0.2, 0.25) is 0 Å². The Morgan fingerprint density at radius 1 is 1.25 bits per heavy atom. The van der Waals surface area contributed by atoms with E-state index in [1.54, 1.807) is 0 Å². The second kappa shape index (κ2) is 7.13. The number of nitrogens with one attached hydrogen (secondary N) is 1. The number of benzene rings is 1. The van der Waals surface area contributed by atoms with Crippen LogP contribution in [0.15, 0.2) is 33.5 Å². The molecule has 20 heavy (non-hydrogen) atoms.